The minimum absolute atomic E-state index is 0.545. The van der Waals surface area contributed by atoms with Gasteiger partial charge in [-0.2, -0.15) is 0 Å². The van der Waals surface area contributed by atoms with Crippen molar-refractivity contribution in [1.82, 2.24) is 4.72 Å². The highest BCUT2D eigenvalue weighted by Gasteiger charge is 2.20. The number of alkyl halides is 1. The fraction of sp³-hybridized carbons (Fsp3) is 0.500. The van der Waals surface area contributed by atoms with Gasteiger partial charge in [0.1, 0.15) is 17.2 Å². The molecule has 3 N–H and O–H groups in total. The lowest BCUT2D eigenvalue weighted by molar-refractivity contribution is 0.277. The number of hydrogen-bond acceptors (Lipinski definition) is 3. The molecule has 1 atom stereocenters. The molecule has 1 aromatic rings. The van der Waals surface area contributed by atoms with Crippen molar-refractivity contribution in [3.05, 3.63) is 18.2 Å². The van der Waals surface area contributed by atoms with Crippen LogP contribution in [0.2, 0.25) is 0 Å². The lowest BCUT2D eigenvalue weighted by Gasteiger charge is -2.31. The first-order chi connectivity index (χ1) is 8.61. The molecule has 100 valence electrons. The largest absolute Gasteiger partial charge is 0.397 e. The van der Waals surface area contributed by atoms with E-state index in [1.165, 1.54) is 0 Å². The predicted molar refractivity (Wildman–Crippen MR) is 72.7 cm³/mol. The predicted octanol–water partition coefficient (Wildman–Crippen LogP) is 1.45. The summed E-state index contributed by atoms with van der Waals surface area (Å²) < 4.78 is 27.3. The number of nitrogens with two attached hydrogens (primary N) is 1. The molecule has 1 aliphatic heterocycles. The molecule has 0 aromatic heterocycles. The lowest BCUT2D eigenvalue weighted by Crippen LogP contribution is -2.34. The summed E-state index contributed by atoms with van der Waals surface area (Å²) in [5.74, 6) is 0. The summed E-state index contributed by atoms with van der Waals surface area (Å²) in [7, 11) is 0.403. The smallest absolute Gasteiger partial charge is 0.124 e. The number of rotatable bonds is 3. The molecule has 2 rings (SSSR count). The number of piperidine rings is 1. The number of hydrogen-bond donors (Lipinski definition) is 2. The second kappa shape index (κ2) is 5.67. The van der Waals surface area contributed by atoms with Gasteiger partial charge in [0.2, 0.25) is 0 Å². The van der Waals surface area contributed by atoms with Crippen LogP contribution in [0.1, 0.15) is 12.8 Å². The van der Waals surface area contributed by atoms with Gasteiger partial charge in [0.15, 0.2) is 0 Å². The average molecular weight is 271 g/mol. The summed E-state index contributed by atoms with van der Waals surface area (Å²) in [6, 6.07) is 5.36. The Kier molecular flexibility index (Phi) is 4.19. The summed E-state index contributed by atoms with van der Waals surface area (Å²) in [6.07, 6.45) is 0.395. The minimum Gasteiger partial charge on any atom is -0.397 e. The standard InChI is InChI=1S/C12H18FN3OS/c1-15-18(17)10-2-3-12(11(14)8-10)16-6-4-9(13)5-7-16/h2-3,8-9,15H,4-7,14H2,1H3. The van der Waals surface area contributed by atoms with E-state index in [-0.39, 0.29) is 0 Å². The van der Waals surface area contributed by atoms with Crippen molar-refractivity contribution in [2.24, 2.45) is 0 Å². The zero-order chi connectivity index (χ0) is 13.1. The van der Waals surface area contributed by atoms with Crippen LogP contribution in [0, 0.1) is 0 Å². The van der Waals surface area contributed by atoms with Gasteiger partial charge in [-0.1, -0.05) is 0 Å². The van der Waals surface area contributed by atoms with E-state index in [0.717, 1.165) is 5.69 Å². The SMILES string of the molecule is CNS(=O)c1ccc(N2CCC(F)CC2)c(N)c1. The topological polar surface area (TPSA) is 58.4 Å². The summed E-state index contributed by atoms with van der Waals surface area (Å²) in [5.41, 5.74) is 7.47. The van der Waals surface area contributed by atoms with E-state index in [4.69, 9.17) is 5.73 Å². The first kappa shape index (κ1) is 13.3. The summed E-state index contributed by atoms with van der Waals surface area (Å²) >= 11 is 0. The monoisotopic (exact) mass is 271 g/mol. The van der Waals surface area contributed by atoms with Crippen LogP contribution in [0.15, 0.2) is 23.1 Å². The first-order valence-electron chi connectivity index (χ1n) is 5.99. The third-order valence-corrected chi connectivity index (χ3v) is 4.22. The van der Waals surface area contributed by atoms with Crippen LogP contribution in [-0.2, 0) is 11.0 Å². The Morgan fingerprint density at radius 1 is 1.44 bits per heavy atom. The maximum Gasteiger partial charge on any atom is 0.124 e. The summed E-state index contributed by atoms with van der Waals surface area (Å²) in [6.45, 7) is 1.36. The van der Waals surface area contributed by atoms with Crippen molar-refractivity contribution in [3.63, 3.8) is 0 Å². The zero-order valence-electron chi connectivity index (χ0n) is 10.4. The van der Waals surface area contributed by atoms with Gasteiger partial charge in [-0.25, -0.2) is 13.3 Å². The van der Waals surface area contributed by atoms with Crippen LogP contribution >= 0.6 is 0 Å². The number of anilines is 2. The molecular formula is C12H18FN3OS. The van der Waals surface area contributed by atoms with Crippen molar-refractivity contribution in [3.8, 4) is 0 Å². The molecule has 0 saturated carbocycles. The Morgan fingerprint density at radius 2 is 2.11 bits per heavy atom. The van der Waals surface area contributed by atoms with E-state index < -0.39 is 17.2 Å². The quantitative estimate of drug-likeness (QED) is 0.818. The van der Waals surface area contributed by atoms with Gasteiger partial charge in [0.25, 0.3) is 0 Å². The maximum absolute atomic E-state index is 13.1. The highest BCUT2D eigenvalue weighted by Crippen LogP contribution is 2.28. The highest BCUT2D eigenvalue weighted by molar-refractivity contribution is 7.83. The van der Waals surface area contributed by atoms with Gasteiger partial charge in [-0.3, -0.25) is 0 Å². The van der Waals surface area contributed by atoms with Gasteiger partial charge >= 0.3 is 0 Å². The lowest BCUT2D eigenvalue weighted by atomic mass is 10.1. The second-order valence-electron chi connectivity index (χ2n) is 4.36. The van der Waals surface area contributed by atoms with Gasteiger partial charge in [-0.15, -0.1) is 0 Å². The van der Waals surface area contributed by atoms with Crippen molar-refractivity contribution in [2.45, 2.75) is 23.9 Å². The summed E-state index contributed by atoms with van der Waals surface area (Å²) in [5, 5.41) is 0. The molecule has 0 amide bonds. The van der Waals surface area contributed by atoms with Crippen molar-refractivity contribution in [1.29, 1.82) is 0 Å². The minimum atomic E-state index is -1.23. The van der Waals surface area contributed by atoms with Crippen molar-refractivity contribution in [2.75, 3.05) is 30.8 Å². The molecule has 0 spiro atoms. The van der Waals surface area contributed by atoms with E-state index in [0.29, 0.717) is 36.5 Å². The number of nitrogen functional groups attached to an aromatic ring is 1. The molecule has 1 fully saturated rings. The number of nitrogens with zero attached hydrogens (tertiary/aromatic N) is 1. The Morgan fingerprint density at radius 3 is 2.67 bits per heavy atom. The fourth-order valence-electron chi connectivity index (χ4n) is 2.14. The molecular weight excluding hydrogens is 253 g/mol. The average Bonchev–Trinajstić information content (AvgIpc) is 2.39. The van der Waals surface area contributed by atoms with E-state index >= 15 is 0 Å². The molecule has 1 unspecified atom stereocenters. The molecule has 0 aliphatic carbocycles. The number of halogens is 1. The van der Waals surface area contributed by atoms with Crippen LogP contribution in [0.4, 0.5) is 15.8 Å². The molecule has 0 radical (unpaired) electrons. The Labute approximate surface area is 109 Å². The normalized spacial score (nSPS) is 18.9. The molecule has 6 heteroatoms. The maximum atomic E-state index is 13.1. The third-order valence-electron chi connectivity index (χ3n) is 3.16. The van der Waals surface area contributed by atoms with E-state index in [1.807, 2.05) is 6.07 Å². The second-order valence-corrected chi connectivity index (χ2v) is 5.77. The van der Waals surface area contributed by atoms with Gasteiger partial charge in [0, 0.05) is 13.1 Å². The van der Waals surface area contributed by atoms with Gasteiger partial charge in [-0.05, 0) is 38.1 Å². The highest BCUT2D eigenvalue weighted by atomic mass is 32.2. The van der Waals surface area contributed by atoms with E-state index in [2.05, 4.69) is 9.62 Å². The molecule has 1 aromatic carbocycles. The van der Waals surface area contributed by atoms with Crippen LogP contribution < -0.4 is 15.4 Å². The Bertz CT molecular complexity index is 447. The van der Waals surface area contributed by atoms with Crippen LogP contribution in [-0.4, -0.2) is 30.5 Å². The molecule has 0 bridgehead atoms. The Hall–Kier alpha value is -1.14. The Balaban J connectivity index is 2.17. The number of benzene rings is 1. The molecule has 4 nitrogen and oxygen atoms in total. The third kappa shape index (κ3) is 2.81. The van der Waals surface area contributed by atoms with Crippen molar-refractivity contribution < 1.29 is 8.60 Å². The van der Waals surface area contributed by atoms with E-state index in [9.17, 15) is 8.60 Å². The van der Waals surface area contributed by atoms with Crippen LogP contribution in [0.25, 0.3) is 0 Å². The first-order valence-corrected chi connectivity index (χ1v) is 7.14. The van der Waals surface area contributed by atoms with Gasteiger partial charge < -0.3 is 10.6 Å². The fourth-order valence-corrected chi connectivity index (χ4v) is 2.80. The summed E-state index contributed by atoms with van der Waals surface area (Å²) in [4.78, 5) is 2.73. The van der Waals surface area contributed by atoms with Crippen molar-refractivity contribution >= 4 is 22.4 Å². The molecule has 18 heavy (non-hydrogen) atoms. The molecule has 1 aliphatic rings. The van der Waals surface area contributed by atoms with Crippen LogP contribution in [0.3, 0.4) is 0 Å². The zero-order valence-corrected chi connectivity index (χ0v) is 11.2. The molecule has 1 heterocycles. The van der Waals surface area contributed by atoms with Gasteiger partial charge in [0.05, 0.1) is 16.3 Å². The number of nitrogens with one attached hydrogen (secondary N) is 1. The van der Waals surface area contributed by atoms with Crippen LogP contribution in [0.5, 0.6) is 0 Å². The molecule has 1 saturated heterocycles. The van der Waals surface area contributed by atoms with E-state index in [1.54, 1.807) is 19.2 Å².